The zero-order valence-corrected chi connectivity index (χ0v) is 12.9. The van der Waals surface area contributed by atoms with Crippen molar-refractivity contribution < 1.29 is 9.84 Å². The van der Waals surface area contributed by atoms with E-state index >= 15 is 0 Å². The molecule has 2 fully saturated rings. The van der Waals surface area contributed by atoms with Crippen LogP contribution in [0.2, 0.25) is 5.02 Å². The maximum absolute atomic E-state index is 10.2. The number of piperidine rings is 1. The Morgan fingerprint density at radius 3 is 2.81 bits per heavy atom. The summed E-state index contributed by atoms with van der Waals surface area (Å²) < 4.78 is 5.78. The van der Waals surface area contributed by atoms with Gasteiger partial charge < -0.3 is 20.5 Å². The molecule has 2 aliphatic rings. The maximum atomic E-state index is 10.2. The van der Waals surface area contributed by atoms with E-state index in [9.17, 15) is 5.11 Å². The SMILES string of the molecule is CCO[C@H]1C[C@H](O)C12CCN(c1ncnc(N)c1Cl)CC2. The summed E-state index contributed by atoms with van der Waals surface area (Å²) in [6.07, 6.45) is 3.84. The standard InChI is InChI=1S/C14H21ClN4O2/c1-2-21-10-7-9(20)14(10)3-5-19(6-4-14)13-11(15)12(16)17-8-18-13/h8-10,20H,2-7H2,1H3,(H2,16,17,18)/t9-,10-/m0/s1. The minimum Gasteiger partial charge on any atom is -0.392 e. The summed E-state index contributed by atoms with van der Waals surface area (Å²) in [7, 11) is 0. The minimum atomic E-state index is -0.262. The van der Waals surface area contributed by atoms with Crippen LogP contribution in [0.1, 0.15) is 26.2 Å². The number of nitrogens with two attached hydrogens (primary N) is 1. The van der Waals surface area contributed by atoms with Gasteiger partial charge in [-0.05, 0) is 19.8 Å². The van der Waals surface area contributed by atoms with Crippen molar-refractivity contribution in [2.75, 3.05) is 30.3 Å². The number of hydrogen-bond acceptors (Lipinski definition) is 6. The molecule has 1 aromatic heterocycles. The Bertz CT molecular complexity index is 518. The summed E-state index contributed by atoms with van der Waals surface area (Å²) in [5.74, 6) is 0.985. The fourth-order valence-electron chi connectivity index (χ4n) is 3.55. The maximum Gasteiger partial charge on any atom is 0.153 e. The lowest BCUT2D eigenvalue weighted by molar-refractivity contribution is -0.199. The van der Waals surface area contributed by atoms with E-state index in [1.54, 1.807) is 0 Å². The van der Waals surface area contributed by atoms with Gasteiger partial charge in [-0.3, -0.25) is 0 Å². The van der Waals surface area contributed by atoms with Crippen LogP contribution in [0.3, 0.4) is 0 Å². The molecule has 0 radical (unpaired) electrons. The number of aromatic nitrogens is 2. The summed E-state index contributed by atoms with van der Waals surface area (Å²) in [6, 6.07) is 0. The monoisotopic (exact) mass is 312 g/mol. The first-order valence-electron chi connectivity index (χ1n) is 7.39. The topological polar surface area (TPSA) is 84.5 Å². The van der Waals surface area contributed by atoms with Gasteiger partial charge in [0.2, 0.25) is 0 Å². The lowest BCUT2D eigenvalue weighted by Crippen LogP contribution is -2.62. The second-order valence-corrected chi connectivity index (χ2v) is 6.19. The van der Waals surface area contributed by atoms with Crippen LogP contribution in [0.5, 0.6) is 0 Å². The first-order valence-corrected chi connectivity index (χ1v) is 7.77. The van der Waals surface area contributed by atoms with Crippen molar-refractivity contribution in [3.8, 4) is 0 Å². The average molecular weight is 313 g/mol. The van der Waals surface area contributed by atoms with Crippen molar-refractivity contribution in [2.45, 2.75) is 38.4 Å². The molecule has 2 atom stereocenters. The minimum absolute atomic E-state index is 0.0996. The molecule has 6 nitrogen and oxygen atoms in total. The molecular weight excluding hydrogens is 292 g/mol. The van der Waals surface area contributed by atoms with Crippen LogP contribution in [0.25, 0.3) is 0 Å². The van der Waals surface area contributed by atoms with Gasteiger partial charge in [-0.1, -0.05) is 11.6 Å². The van der Waals surface area contributed by atoms with Crippen LogP contribution in [-0.4, -0.2) is 47.0 Å². The van der Waals surface area contributed by atoms with Gasteiger partial charge in [-0.2, -0.15) is 0 Å². The molecule has 1 aromatic rings. The van der Waals surface area contributed by atoms with Crippen molar-refractivity contribution in [3.05, 3.63) is 11.3 Å². The number of anilines is 2. The highest BCUT2D eigenvalue weighted by Crippen LogP contribution is 2.51. The predicted octanol–water partition coefficient (Wildman–Crippen LogP) is 1.47. The van der Waals surface area contributed by atoms with Crippen LogP contribution < -0.4 is 10.6 Å². The summed E-state index contributed by atoms with van der Waals surface area (Å²) >= 11 is 6.19. The highest BCUT2D eigenvalue weighted by Gasteiger charge is 2.56. The quantitative estimate of drug-likeness (QED) is 0.879. The Morgan fingerprint density at radius 2 is 2.19 bits per heavy atom. The third-order valence-electron chi connectivity index (χ3n) is 4.90. The largest absolute Gasteiger partial charge is 0.392 e. The van der Waals surface area contributed by atoms with Crippen molar-refractivity contribution in [1.29, 1.82) is 0 Å². The second-order valence-electron chi connectivity index (χ2n) is 5.81. The number of nitrogen functional groups attached to an aromatic ring is 1. The molecule has 7 heteroatoms. The molecule has 21 heavy (non-hydrogen) atoms. The molecule has 1 aliphatic carbocycles. The smallest absolute Gasteiger partial charge is 0.153 e. The van der Waals surface area contributed by atoms with E-state index in [0.717, 1.165) is 32.4 Å². The number of hydrogen-bond donors (Lipinski definition) is 2. The lowest BCUT2D eigenvalue weighted by Gasteiger charge is -2.56. The van der Waals surface area contributed by atoms with Crippen LogP contribution in [0.15, 0.2) is 6.33 Å². The summed E-state index contributed by atoms with van der Waals surface area (Å²) in [5, 5.41) is 10.6. The fourth-order valence-corrected chi connectivity index (χ4v) is 3.76. The van der Waals surface area contributed by atoms with Gasteiger partial charge in [-0.15, -0.1) is 0 Å². The Balaban J connectivity index is 1.72. The predicted molar refractivity (Wildman–Crippen MR) is 81.4 cm³/mol. The first kappa shape index (κ1) is 14.8. The van der Waals surface area contributed by atoms with E-state index in [2.05, 4.69) is 14.9 Å². The van der Waals surface area contributed by atoms with Gasteiger partial charge >= 0.3 is 0 Å². The number of ether oxygens (including phenoxy) is 1. The molecule has 1 aliphatic heterocycles. The fraction of sp³-hybridized carbons (Fsp3) is 0.714. The molecule has 3 rings (SSSR count). The molecule has 2 heterocycles. The number of aliphatic hydroxyl groups excluding tert-OH is 1. The molecule has 0 unspecified atom stereocenters. The van der Waals surface area contributed by atoms with E-state index in [4.69, 9.17) is 22.1 Å². The van der Waals surface area contributed by atoms with Crippen LogP contribution in [0.4, 0.5) is 11.6 Å². The number of halogens is 1. The highest BCUT2D eigenvalue weighted by molar-refractivity contribution is 6.35. The van der Waals surface area contributed by atoms with Crippen molar-refractivity contribution in [3.63, 3.8) is 0 Å². The molecular formula is C14H21ClN4O2. The van der Waals surface area contributed by atoms with E-state index < -0.39 is 0 Å². The highest BCUT2D eigenvalue weighted by atomic mass is 35.5. The molecule has 0 bridgehead atoms. The van der Waals surface area contributed by atoms with Crippen molar-refractivity contribution in [2.24, 2.45) is 5.41 Å². The Labute approximate surface area is 129 Å². The number of rotatable bonds is 3. The first-order chi connectivity index (χ1) is 10.1. The van der Waals surface area contributed by atoms with Crippen molar-refractivity contribution in [1.82, 2.24) is 9.97 Å². The summed E-state index contributed by atoms with van der Waals surface area (Å²) in [6.45, 7) is 4.27. The van der Waals surface area contributed by atoms with Gasteiger partial charge in [0.15, 0.2) is 5.82 Å². The number of aliphatic hydroxyl groups is 1. The number of nitrogens with zero attached hydrogens (tertiary/aromatic N) is 3. The van der Waals surface area contributed by atoms with E-state index in [-0.39, 0.29) is 17.6 Å². The zero-order valence-electron chi connectivity index (χ0n) is 12.1. The van der Waals surface area contributed by atoms with Gasteiger partial charge in [-0.25, -0.2) is 9.97 Å². The molecule has 1 spiro atoms. The normalized spacial score (nSPS) is 27.7. The summed E-state index contributed by atoms with van der Waals surface area (Å²) in [4.78, 5) is 10.2. The van der Waals surface area contributed by atoms with Gasteiger partial charge in [0.1, 0.15) is 17.2 Å². The molecule has 1 saturated heterocycles. The Kier molecular flexibility index (Phi) is 3.94. The van der Waals surface area contributed by atoms with E-state index in [0.29, 0.717) is 23.3 Å². The van der Waals surface area contributed by atoms with Crippen LogP contribution in [-0.2, 0) is 4.74 Å². The molecule has 0 aromatic carbocycles. The van der Waals surface area contributed by atoms with Crippen molar-refractivity contribution >= 4 is 23.2 Å². The third-order valence-corrected chi connectivity index (χ3v) is 5.26. The van der Waals surface area contributed by atoms with E-state index in [1.165, 1.54) is 6.33 Å². The zero-order chi connectivity index (χ0) is 15.0. The molecule has 1 saturated carbocycles. The van der Waals surface area contributed by atoms with E-state index in [1.807, 2.05) is 6.92 Å². The molecule has 3 N–H and O–H groups in total. The van der Waals surface area contributed by atoms with Crippen LogP contribution >= 0.6 is 11.6 Å². The molecule has 0 amide bonds. The van der Waals surface area contributed by atoms with Gasteiger partial charge in [0.05, 0.1) is 12.2 Å². The van der Waals surface area contributed by atoms with Gasteiger partial charge in [0.25, 0.3) is 0 Å². The lowest BCUT2D eigenvalue weighted by atomic mass is 9.58. The second kappa shape index (κ2) is 5.59. The summed E-state index contributed by atoms with van der Waals surface area (Å²) in [5.41, 5.74) is 5.63. The molecule has 116 valence electrons. The van der Waals surface area contributed by atoms with Gasteiger partial charge in [0, 0.05) is 31.5 Å². The Hall–Kier alpha value is -1.11. The third kappa shape index (κ3) is 2.35. The average Bonchev–Trinajstić information content (AvgIpc) is 2.50. The van der Waals surface area contributed by atoms with Crippen LogP contribution in [0, 0.1) is 5.41 Å². The Morgan fingerprint density at radius 1 is 1.48 bits per heavy atom.